The molecule has 0 aliphatic heterocycles. The van der Waals surface area contributed by atoms with Gasteiger partial charge >= 0.3 is 0 Å². The van der Waals surface area contributed by atoms with E-state index in [-0.39, 0.29) is 16.8 Å². The molecule has 0 spiro atoms. The number of sulfonamides is 1. The van der Waals surface area contributed by atoms with Crippen LogP contribution in [-0.4, -0.2) is 13.4 Å². The highest BCUT2D eigenvalue weighted by Crippen LogP contribution is 2.20. The Bertz CT molecular complexity index is 674. The van der Waals surface area contributed by atoms with Gasteiger partial charge in [-0.25, -0.2) is 18.1 Å². The molecule has 4 N–H and O–H groups in total. The maximum Gasteiger partial charge on any atom is 0.260 e. The second kappa shape index (κ2) is 6.00. The summed E-state index contributed by atoms with van der Waals surface area (Å²) >= 11 is 0. The molecule has 2 aromatic rings. The molecule has 0 bridgehead atoms. The van der Waals surface area contributed by atoms with Gasteiger partial charge in [-0.3, -0.25) is 5.84 Å². The molecule has 1 aromatic carbocycles. The van der Waals surface area contributed by atoms with Crippen LogP contribution in [0, 0.1) is 0 Å². The molecular weight excluding hydrogens is 276 g/mol. The van der Waals surface area contributed by atoms with Gasteiger partial charge in [-0.2, -0.15) is 0 Å². The van der Waals surface area contributed by atoms with Crippen molar-refractivity contribution in [2.24, 2.45) is 5.84 Å². The molecule has 1 unspecified atom stereocenters. The van der Waals surface area contributed by atoms with Crippen molar-refractivity contribution >= 4 is 15.7 Å². The summed E-state index contributed by atoms with van der Waals surface area (Å²) in [5.74, 6) is 5.31. The summed E-state index contributed by atoms with van der Waals surface area (Å²) in [5.41, 5.74) is 3.45. The second-order valence-electron chi connectivity index (χ2n) is 4.25. The number of benzene rings is 1. The first-order valence-corrected chi connectivity index (χ1v) is 7.52. The Morgan fingerprint density at radius 3 is 2.50 bits per heavy atom. The summed E-state index contributed by atoms with van der Waals surface area (Å²) in [5, 5.41) is -0.120. The van der Waals surface area contributed by atoms with Gasteiger partial charge in [0, 0.05) is 12.2 Å². The number of pyridine rings is 1. The van der Waals surface area contributed by atoms with Crippen LogP contribution in [0.25, 0.3) is 0 Å². The topological polar surface area (TPSA) is 97.1 Å². The number of nitrogen functional groups attached to an aromatic ring is 1. The van der Waals surface area contributed by atoms with Gasteiger partial charge in [-0.15, -0.1) is 0 Å². The third-order valence-electron chi connectivity index (χ3n) is 2.81. The first kappa shape index (κ1) is 14.4. The summed E-state index contributed by atoms with van der Waals surface area (Å²) in [4.78, 5) is 3.87. The number of aromatic nitrogens is 1. The third-order valence-corrected chi connectivity index (χ3v) is 4.31. The van der Waals surface area contributed by atoms with Crippen molar-refractivity contribution in [3.63, 3.8) is 0 Å². The van der Waals surface area contributed by atoms with Gasteiger partial charge in [-0.05, 0) is 24.6 Å². The lowest BCUT2D eigenvalue weighted by Gasteiger charge is -2.15. The second-order valence-corrected chi connectivity index (χ2v) is 5.88. The van der Waals surface area contributed by atoms with E-state index in [2.05, 4.69) is 15.1 Å². The maximum absolute atomic E-state index is 12.3. The minimum absolute atomic E-state index is 0.120. The molecule has 2 rings (SSSR count). The third kappa shape index (κ3) is 3.13. The number of hydrogen-bond acceptors (Lipinski definition) is 5. The van der Waals surface area contributed by atoms with Crippen LogP contribution in [0.15, 0.2) is 53.7 Å². The smallest absolute Gasteiger partial charge is 0.260 e. The minimum atomic E-state index is -3.75. The molecule has 0 aliphatic rings. The number of nitrogens with two attached hydrogens (primary N) is 1. The predicted octanol–water partition coefficient (Wildman–Crippen LogP) is 1.41. The van der Waals surface area contributed by atoms with Crippen LogP contribution >= 0.6 is 0 Å². The number of anilines is 1. The summed E-state index contributed by atoms with van der Waals surface area (Å²) in [7, 11) is -3.75. The van der Waals surface area contributed by atoms with E-state index >= 15 is 0 Å². The number of nitrogens with one attached hydrogen (secondary N) is 2. The lowest BCUT2D eigenvalue weighted by Crippen LogP contribution is -2.28. The van der Waals surface area contributed by atoms with Gasteiger partial charge in [0.15, 0.2) is 5.03 Å². The SMILES string of the molecule is CC(NS(=O)(=O)c1ncccc1NN)c1ccccc1. The van der Waals surface area contributed by atoms with E-state index in [0.29, 0.717) is 0 Å². The highest BCUT2D eigenvalue weighted by atomic mass is 32.2. The molecule has 20 heavy (non-hydrogen) atoms. The van der Waals surface area contributed by atoms with Gasteiger partial charge in [0.1, 0.15) is 0 Å². The van der Waals surface area contributed by atoms with Crippen molar-refractivity contribution < 1.29 is 8.42 Å². The fourth-order valence-corrected chi connectivity index (χ4v) is 3.14. The lowest BCUT2D eigenvalue weighted by molar-refractivity contribution is 0.563. The first-order chi connectivity index (χ1) is 9.54. The van der Waals surface area contributed by atoms with Crippen molar-refractivity contribution in [2.45, 2.75) is 18.0 Å². The summed E-state index contributed by atoms with van der Waals surface area (Å²) in [6.45, 7) is 1.77. The average molecular weight is 292 g/mol. The number of rotatable bonds is 5. The van der Waals surface area contributed by atoms with Crippen LogP contribution in [-0.2, 0) is 10.0 Å². The van der Waals surface area contributed by atoms with Crippen LogP contribution in [0.1, 0.15) is 18.5 Å². The van der Waals surface area contributed by atoms with Gasteiger partial charge in [-0.1, -0.05) is 30.3 Å². The molecule has 1 heterocycles. The fourth-order valence-electron chi connectivity index (χ4n) is 1.81. The molecule has 0 amide bonds. The van der Waals surface area contributed by atoms with Crippen LogP contribution < -0.4 is 16.0 Å². The van der Waals surface area contributed by atoms with Gasteiger partial charge in [0.2, 0.25) is 0 Å². The fraction of sp³-hybridized carbons (Fsp3) is 0.154. The first-order valence-electron chi connectivity index (χ1n) is 6.03. The Morgan fingerprint density at radius 2 is 1.85 bits per heavy atom. The Hall–Kier alpha value is -1.96. The van der Waals surface area contributed by atoms with Crippen molar-refractivity contribution in [3.8, 4) is 0 Å². The zero-order chi connectivity index (χ0) is 14.6. The van der Waals surface area contributed by atoms with Crippen LogP contribution in [0.2, 0.25) is 0 Å². The predicted molar refractivity (Wildman–Crippen MR) is 77.2 cm³/mol. The number of hydrogen-bond donors (Lipinski definition) is 3. The molecule has 6 nitrogen and oxygen atoms in total. The Labute approximate surface area is 118 Å². The van der Waals surface area contributed by atoms with Gasteiger partial charge in [0.25, 0.3) is 10.0 Å². The van der Waals surface area contributed by atoms with E-state index in [9.17, 15) is 8.42 Å². The quantitative estimate of drug-likeness (QED) is 0.572. The molecule has 0 saturated heterocycles. The Balaban J connectivity index is 2.28. The molecule has 106 valence electrons. The lowest BCUT2D eigenvalue weighted by atomic mass is 10.1. The highest BCUT2D eigenvalue weighted by molar-refractivity contribution is 7.89. The summed E-state index contributed by atoms with van der Waals surface area (Å²) in [6.07, 6.45) is 1.41. The minimum Gasteiger partial charge on any atom is -0.321 e. The molecule has 7 heteroatoms. The van der Waals surface area contributed by atoms with E-state index in [1.807, 2.05) is 30.3 Å². The summed E-state index contributed by atoms with van der Waals surface area (Å²) in [6, 6.07) is 12.1. The van der Waals surface area contributed by atoms with E-state index < -0.39 is 10.0 Å². The van der Waals surface area contributed by atoms with E-state index in [4.69, 9.17) is 5.84 Å². The zero-order valence-electron chi connectivity index (χ0n) is 10.9. The van der Waals surface area contributed by atoms with Crippen molar-refractivity contribution in [2.75, 3.05) is 5.43 Å². The van der Waals surface area contributed by atoms with E-state index in [0.717, 1.165) is 5.56 Å². The molecule has 0 saturated carbocycles. The van der Waals surface area contributed by atoms with E-state index in [1.54, 1.807) is 19.1 Å². The Morgan fingerprint density at radius 1 is 1.15 bits per heavy atom. The van der Waals surface area contributed by atoms with Crippen LogP contribution in [0.3, 0.4) is 0 Å². The van der Waals surface area contributed by atoms with Crippen LogP contribution in [0.4, 0.5) is 5.69 Å². The summed E-state index contributed by atoms with van der Waals surface area (Å²) < 4.78 is 27.2. The molecule has 0 aliphatic carbocycles. The van der Waals surface area contributed by atoms with Crippen molar-refractivity contribution in [1.82, 2.24) is 9.71 Å². The molecule has 1 aromatic heterocycles. The van der Waals surface area contributed by atoms with Gasteiger partial charge in [0.05, 0.1) is 5.69 Å². The van der Waals surface area contributed by atoms with Gasteiger partial charge < -0.3 is 5.43 Å². The largest absolute Gasteiger partial charge is 0.321 e. The molecule has 0 fully saturated rings. The molecule has 1 atom stereocenters. The monoisotopic (exact) mass is 292 g/mol. The standard InChI is InChI=1S/C13H16N4O2S/c1-10(11-6-3-2-4-7-11)17-20(18,19)13-12(16-14)8-5-9-15-13/h2-10,16-17H,14H2,1H3. The number of nitrogens with zero attached hydrogens (tertiary/aromatic N) is 1. The Kier molecular flexibility index (Phi) is 4.33. The molecule has 0 radical (unpaired) electrons. The maximum atomic E-state index is 12.3. The van der Waals surface area contributed by atoms with Crippen molar-refractivity contribution in [1.29, 1.82) is 0 Å². The van der Waals surface area contributed by atoms with Crippen molar-refractivity contribution in [3.05, 3.63) is 54.2 Å². The normalized spacial score (nSPS) is 12.9. The average Bonchev–Trinajstić information content (AvgIpc) is 2.47. The van der Waals surface area contributed by atoms with E-state index in [1.165, 1.54) is 6.20 Å². The molecular formula is C13H16N4O2S. The van der Waals surface area contributed by atoms with Crippen LogP contribution in [0.5, 0.6) is 0 Å². The highest BCUT2D eigenvalue weighted by Gasteiger charge is 2.22. The number of hydrazine groups is 1. The zero-order valence-corrected chi connectivity index (χ0v) is 11.8.